The monoisotopic (exact) mass is 562 g/mol. The van der Waals surface area contributed by atoms with Gasteiger partial charge in [0.2, 0.25) is 0 Å². The van der Waals surface area contributed by atoms with Crippen molar-refractivity contribution in [2.45, 2.75) is 0 Å². The Kier molecular flexibility index (Phi) is 5.47. The lowest BCUT2D eigenvalue weighted by atomic mass is 9.98. The quantitative estimate of drug-likeness (QED) is 0.224. The van der Waals surface area contributed by atoms with Crippen LogP contribution in [0, 0.1) is 0 Å². The summed E-state index contributed by atoms with van der Waals surface area (Å²) in [7, 11) is 0. The van der Waals surface area contributed by atoms with E-state index < -0.39 is 0 Å². The molecule has 0 saturated carbocycles. The standard InChI is InChI=1S/C40H26N4/c1-3-13-35-31(11-1)33-17-15-27(21-39(33)43-35)25-7-5-9-29(19-25)37-23-38(42-24-41-37)30-10-6-8-26(20-30)28-16-18-34-32-12-2-4-14-36(32)44-40(34)22-28/h1-24,43-44H. The van der Waals surface area contributed by atoms with Crippen LogP contribution in [0.15, 0.2) is 146 Å². The van der Waals surface area contributed by atoms with Crippen LogP contribution in [0.25, 0.3) is 88.4 Å². The summed E-state index contributed by atoms with van der Waals surface area (Å²) in [6, 6.07) is 49.4. The van der Waals surface area contributed by atoms with E-state index in [0.717, 1.165) is 55.7 Å². The number of para-hydroxylation sites is 2. The second kappa shape index (κ2) is 9.79. The lowest BCUT2D eigenvalue weighted by molar-refractivity contribution is 1.18. The molecule has 0 fully saturated rings. The first-order valence-electron chi connectivity index (χ1n) is 14.8. The zero-order chi connectivity index (χ0) is 29.0. The van der Waals surface area contributed by atoms with E-state index in [-0.39, 0.29) is 0 Å². The predicted molar refractivity (Wildman–Crippen MR) is 183 cm³/mol. The minimum absolute atomic E-state index is 0.897. The van der Waals surface area contributed by atoms with Crippen LogP contribution in [0.1, 0.15) is 0 Å². The summed E-state index contributed by atoms with van der Waals surface area (Å²) < 4.78 is 0. The molecule has 3 aromatic heterocycles. The average molecular weight is 563 g/mol. The van der Waals surface area contributed by atoms with Crippen LogP contribution < -0.4 is 0 Å². The first-order chi connectivity index (χ1) is 21.8. The van der Waals surface area contributed by atoms with E-state index in [1.165, 1.54) is 32.7 Å². The minimum Gasteiger partial charge on any atom is -0.354 e. The Morgan fingerprint density at radius 2 is 0.750 bits per heavy atom. The van der Waals surface area contributed by atoms with Gasteiger partial charge in [-0.25, -0.2) is 9.97 Å². The van der Waals surface area contributed by atoms with Crippen molar-refractivity contribution in [1.82, 2.24) is 19.9 Å². The van der Waals surface area contributed by atoms with E-state index in [2.05, 4.69) is 159 Å². The first-order valence-corrected chi connectivity index (χ1v) is 14.8. The summed E-state index contributed by atoms with van der Waals surface area (Å²) in [5, 5.41) is 4.98. The molecule has 0 unspecified atom stereocenters. The smallest absolute Gasteiger partial charge is 0.116 e. The van der Waals surface area contributed by atoms with Crippen LogP contribution in [0.4, 0.5) is 0 Å². The second-order valence-electron chi connectivity index (χ2n) is 11.3. The average Bonchev–Trinajstić information content (AvgIpc) is 3.66. The molecule has 44 heavy (non-hydrogen) atoms. The highest BCUT2D eigenvalue weighted by molar-refractivity contribution is 6.09. The van der Waals surface area contributed by atoms with E-state index in [1.807, 2.05) is 0 Å². The molecule has 9 rings (SSSR count). The number of hydrogen-bond acceptors (Lipinski definition) is 2. The van der Waals surface area contributed by atoms with Gasteiger partial charge in [-0.15, -0.1) is 0 Å². The molecular formula is C40H26N4. The molecule has 0 saturated heterocycles. The molecule has 0 bridgehead atoms. The zero-order valence-corrected chi connectivity index (χ0v) is 23.8. The van der Waals surface area contributed by atoms with Gasteiger partial charge in [0.05, 0.1) is 11.4 Å². The van der Waals surface area contributed by atoms with Crippen molar-refractivity contribution in [2.24, 2.45) is 0 Å². The van der Waals surface area contributed by atoms with Gasteiger partial charge in [0.15, 0.2) is 0 Å². The van der Waals surface area contributed by atoms with Crippen molar-refractivity contribution < 1.29 is 0 Å². The minimum atomic E-state index is 0.897. The number of fused-ring (bicyclic) bond motifs is 6. The Morgan fingerprint density at radius 3 is 1.27 bits per heavy atom. The van der Waals surface area contributed by atoms with E-state index in [1.54, 1.807) is 6.33 Å². The van der Waals surface area contributed by atoms with Crippen molar-refractivity contribution in [3.63, 3.8) is 0 Å². The first kappa shape index (κ1) is 24.6. The maximum Gasteiger partial charge on any atom is 0.116 e. The molecule has 6 aromatic carbocycles. The fourth-order valence-corrected chi connectivity index (χ4v) is 6.46. The Morgan fingerprint density at radius 1 is 0.318 bits per heavy atom. The third-order valence-corrected chi connectivity index (χ3v) is 8.66. The van der Waals surface area contributed by atoms with Crippen molar-refractivity contribution in [1.29, 1.82) is 0 Å². The van der Waals surface area contributed by atoms with Gasteiger partial charge in [0.1, 0.15) is 6.33 Å². The summed E-state index contributed by atoms with van der Waals surface area (Å²) in [4.78, 5) is 16.5. The highest BCUT2D eigenvalue weighted by Gasteiger charge is 2.11. The highest BCUT2D eigenvalue weighted by atomic mass is 14.8. The molecule has 4 heteroatoms. The van der Waals surface area contributed by atoms with Gasteiger partial charge in [0, 0.05) is 54.7 Å². The van der Waals surface area contributed by atoms with Crippen molar-refractivity contribution in [2.75, 3.05) is 0 Å². The second-order valence-corrected chi connectivity index (χ2v) is 11.3. The number of H-pyrrole nitrogens is 2. The lowest BCUT2D eigenvalue weighted by Gasteiger charge is -2.09. The number of rotatable bonds is 4. The maximum absolute atomic E-state index is 4.66. The largest absolute Gasteiger partial charge is 0.354 e. The zero-order valence-electron chi connectivity index (χ0n) is 23.8. The molecule has 0 aliphatic heterocycles. The van der Waals surface area contributed by atoms with Crippen LogP contribution in [-0.2, 0) is 0 Å². The summed E-state index contributed by atoms with van der Waals surface area (Å²) in [5.41, 5.74) is 13.1. The van der Waals surface area contributed by atoms with Crippen LogP contribution in [0.5, 0.6) is 0 Å². The third-order valence-electron chi connectivity index (χ3n) is 8.66. The lowest BCUT2D eigenvalue weighted by Crippen LogP contribution is -1.90. The Labute approximate surface area is 253 Å². The normalized spacial score (nSPS) is 11.6. The van der Waals surface area contributed by atoms with Crippen molar-refractivity contribution in [3.05, 3.63) is 146 Å². The van der Waals surface area contributed by atoms with Gasteiger partial charge in [0.25, 0.3) is 0 Å². The molecule has 0 atom stereocenters. The summed E-state index contributed by atoms with van der Waals surface area (Å²) in [5.74, 6) is 0. The van der Waals surface area contributed by atoms with Crippen molar-refractivity contribution in [3.8, 4) is 44.8 Å². The van der Waals surface area contributed by atoms with E-state index >= 15 is 0 Å². The van der Waals surface area contributed by atoms with Crippen LogP contribution in [-0.4, -0.2) is 19.9 Å². The molecule has 0 amide bonds. The van der Waals surface area contributed by atoms with Crippen LogP contribution in [0.3, 0.4) is 0 Å². The third kappa shape index (κ3) is 4.08. The Hall–Kier alpha value is -6.00. The van der Waals surface area contributed by atoms with E-state index in [9.17, 15) is 0 Å². The Balaban J connectivity index is 1.05. The number of benzene rings is 6. The molecule has 0 aliphatic carbocycles. The van der Waals surface area contributed by atoms with Crippen LogP contribution in [0.2, 0.25) is 0 Å². The topological polar surface area (TPSA) is 57.4 Å². The van der Waals surface area contributed by atoms with Gasteiger partial charge in [-0.2, -0.15) is 0 Å². The van der Waals surface area contributed by atoms with Gasteiger partial charge < -0.3 is 9.97 Å². The van der Waals surface area contributed by atoms with E-state index in [4.69, 9.17) is 0 Å². The van der Waals surface area contributed by atoms with Gasteiger partial charge >= 0.3 is 0 Å². The number of nitrogens with zero attached hydrogens (tertiary/aromatic N) is 2. The summed E-state index contributed by atoms with van der Waals surface area (Å²) in [6.07, 6.45) is 1.66. The molecule has 0 aliphatic rings. The fraction of sp³-hybridized carbons (Fsp3) is 0. The predicted octanol–water partition coefficient (Wildman–Crippen LogP) is 10.4. The molecule has 0 radical (unpaired) electrons. The number of nitrogens with one attached hydrogen (secondary N) is 2. The Bertz CT molecular complexity index is 2340. The van der Waals surface area contributed by atoms with Gasteiger partial charge in [-0.3, -0.25) is 0 Å². The summed E-state index contributed by atoms with van der Waals surface area (Å²) in [6.45, 7) is 0. The fourth-order valence-electron chi connectivity index (χ4n) is 6.46. The van der Waals surface area contributed by atoms with E-state index in [0.29, 0.717) is 0 Å². The highest BCUT2D eigenvalue weighted by Crippen LogP contribution is 2.34. The molecule has 4 nitrogen and oxygen atoms in total. The molecule has 2 N–H and O–H groups in total. The summed E-state index contributed by atoms with van der Waals surface area (Å²) >= 11 is 0. The molecule has 9 aromatic rings. The maximum atomic E-state index is 4.66. The molecule has 206 valence electrons. The molecular weight excluding hydrogens is 536 g/mol. The van der Waals surface area contributed by atoms with Crippen molar-refractivity contribution >= 4 is 43.6 Å². The molecule has 0 spiro atoms. The number of aromatic amines is 2. The SMILES string of the molecule is c1cc(-c2ccc3c(c2)[nH]c2ccccc23)cc(-c2cc(-c3cccc(-c4ccc5c(c4)[nH]c4ccccc45)c3)ncn2)c1. The van der Waals surface area contributed by atoms with Gasteiger partial charge in [-0.05, 0) is 64.7 Å². The van der Waals surface area contributed by atoms with Crippen LogP contribution >= 0.6 is 0 Å². The number of hydrogen-bond donors (Lipinski definition) is 2. The number of aromatic nitrogens is 4. The molecule has 3 heterocycles. The van der Waals surface area contributed by atoms with Gasteiger partial charge in [-0.1, -0.05) is 97.1 Å².